The van der Waals surface area contributed by atoms with E-state index < -0.39 is 10.9 Å². The number of rotatable bonds is 4. The van der Waals surface area contributed by atoms with Crippen molar-refractivity contribution in [3.63, 3.8) is 0 Å². The Morgan fingerprint density at radius 3 is 2.69 bits per heavy atom. The van der Waals surface area contributed by atoms with Crippen molar-refractivity contribution >= 4 is 23.4 Å². The lowest BCUT2D eigenvalue weighted by molar-refractivity contribution is -0.385. The minimum atomic E-state index is -0.540. The molecule has 0 heterocycles. The topological polar surface area (TPSA) is 69.4 Å². The van der Waals surface area contributed by atoms with Gasteiger partial charge in [-0.25, -0.2) is 4.79 Å². The van der Waals surface area contributed by atoms with Gasteiger partial charge in [0.05, 0.1) is 17.1 Å². The van der Waals surface area contributed by atoms with Gasteiger partial charge < -0.3 is 4.74 Å². The summed E-state index contributed by atoms with van der Waals surface area (Å²) >= 11 is 1.34. The van der Waals surface area contributed by atoms with Gasteiger partial charge in [0.15, 0.2) is 0 Å². The molecule has 0 amide bonds. The molecular formula is C10H11NO4S. The highest BCUT2D eigenvalue weighted by Gasteiger charge is 2.14. The zero-order chi connectivity index (χ0) is 12.1. The van der Waals surface area contributed by atoms with Gasteiger partial charge in [-0.15, -0.1) is 11.8 Å². The van der Waals surface area contributed by atoms with E-state index in [-0.39, 0.29) is 17.9 Å². The SMILES string of the molecule is CCOC(=O)c1cc(SC)cc([N+](=O)[O-])c1. The number of ether oxygens (including phenoxy) is 1. The Hall–Kier alpha value is -1.56. The minimum Gasteiger partial charge on any atom is -0.462 e. The second kappa shape index (κ2) is 5.50. The first-order valence-electron chi connectivity index (χ1n) is 4.59. The summed E-state index contributed by atoms with van der Waals surface area (Å²) in [4.78, 5) is 22.2. The molecule has 1 aromatic rings. The zero-order valence-electron chi connectivity index (χ0n) is 8.93. The number of hydrogen-bond acceptors (Lipinski definition) is 5. The van der Waals surface area contributed by atoms with E-state index in [2.05, 4.69) is 0 Å². The molecule has 86 valence electrons. The summed E-state index contributed by atoms with van der Waals surface area (Å²) in [6.45, 7) is 1.93. The smallest absolute Gasteiger partial charge is 0.338 e. The highest BCUT2D eigenvalue weighted by atomic mass is 32.2. The van der Waals surface area contributed by atoms with E-state index in [4.69, 9.17) is 4.74 Å². The first-order chi connectivity index (χ1) is 7.58. The summed E-state index contributed by atoms with van der Waals surface area (Å²) in [5.41, 5.74) is 0.107. The predicted molar refractivity (Wildman–Crippen MR) is 60.8 cm³/mol. The van der Waals surface area contributed by atoms with E-state index in [1.807, 2.05) is 0 Å². The second-order valence-electron chi connectivity index (χ2n) is 2.90. The summed E-state index contributed by atoms with van der Waals surface area (Å²) < 4.78 is 4.79. The molecule has 0 saturated carbocycles. The van der Waals surface area contributed by atoms with Crippen molar-refractivity contribution in [1.29, 1.82) is 0 Å². The number of esters is 1. The lowest BCUT2D eigenvalue weighted by Crippen LogP contribution is -2.05. The van der Waals surface area contributed by atoms with E-state index in [0.717, 1.165) is 0 Å². The van der Waals surface area contributed by atoms with Crippen molar-refractivity contribution in [2.45, 2.75) is 11.8 Å². The molecule has 1 rings (SSSR count). The molecule has 0 aliphatic carbocycles. The number of carbonyl (C=O) groups excluding carboxylic acids is 1. The highest BCUT2D eigenvalue weighted by molar-refractivity contribution is 7.98. The fourth-order valence-corrected chi connectivity index (χ4v) is 1.62. The van der Waals surface area contributed by atoms with Gasteiger partial charge in [0.25, 0.3) is 5.69 Å². The van der Waals surface area contributed by atoms with Crippen molar-refractivity contribution < 1.29 is 14.5 Å². The Morgan fingerprint density at radius 1 is 1.50 bits per heavy atom. The van der Waals surface area contributed by atoms with E-state index in [0.29, 0.717) is 4.90 Å². The Kier molecular flexibility index (Phi) is 4.30. The van der Waals surface area contributed by atoms with Gasteiger partial charge in [-0.1, -0.05) is 0 Å². The number of hydrogen-bond donors (Lipinski definition) is 0. The summed E-state index contributed by atoms with van der Waals surface area (Å²) in [7, 11) is 0. The third-order valence-electron chi connectivity index (χ3n) is 1.85. The monoisotopic (exact) mass is 241 g/mol. The maximum Gasteiger partial charge on any atom is 0.338 e. The molecule has 1 aromatic carbocycles. The Balaban J connectivity index is 3.13. The lowest BCUT2D eigenvalue weighted by atomic mass is 10.2. The minimum absolute atomic E-state index is 0.102. The van der Waals surface area contributed by atoms with Crippen molar-refractivity contribution in [3.8, 4) is 0 Å². The van der Waals surface area contributed by atoms with Crippen LogP contribution in [0.2, 0.25) is 0 Å². The summed E-state index contributed by atoms with van der Waals surface area (Å²) in [5, 5.41) is 10.6. The maximum atomic E-state index is 11.4. The number of nitro benzene ring substituents is 1. The number of benzene rings is 1. The largest absolute Gasteiger partial charge is 0.462 e. The molecule has 0 aliphatic rings. The van der Waals surface area contributed by atoms with Gasteiger partial charge in [0.1, 0.15) is 0 Å². The lowest BCUT2D eigenvalue weighted by Gasteiger charge is -2.03. The van der Waals surface area contributed by atoms with Crippen LogP contribution >= 0.6 is 11.8 Å². The fourth-order valence-electron chi connectivity index (χ4n) is 1.14. The number of thioether (sulfide) groups is 1. The van der Waals surface area contributed by atoms with Crippen LogP contribution in [0.25, 0.3) is 0 Å². The predicted octanol–water partition coefficient (Wildman–Crippen LogP) is 2.49. The molecule has 0 fully saturated rings. The maximum absolute atomic E-state index is 11.4. The summed E-state index contributed by atoms with van der Waals surface area (Å²) in [5.74, 6) is -0.540. The number of non-ortho nitro benzene ring substituents is 1. The van der Waals surface area contributed by atoms with Gasteiger partial charge in [-0.2, -0.15) is 0 Å². The van der Waals surface area contributed by atoms with Gasteiger partial charge in [-0.05, 0) is 19.2 Å². The Labute approximate surface area is 96.9 Å². The normalized spacial score (nSPS) is 9.88. The molecule has 0 saturated heterocycles. The zero-order valence-corrected chi connectivity index (χ0v) is 9.74. The Bertz CT molecular complexity index is 419. The van der Waals surface area contributed by atoms with E-state index >= 15 is 0 Å². The molecule has 6 heteroatoms. The molecule has 0 radical (unpaired) electrons. The molecule has 0 aromatic heterocycles. The van der Waals surface area contributed by atoms with E-state index in [1.54, 1.807) is 19.2 Å². The van der Waals surface area contributed by atoms with Crippen LogP contribution < -0.4 is 0 Å². The average Bonchev–Trinajstić information content (AvgIpc) is 2.28. The quantitative estimate of drug-likeness (QED) is 0.350. The van der Waals surface area contributed by atoms with Gasteiger partial charge in [0.2, 0.25) is 0 Å². The first kappa shape index (κ1) is 12.5. The first-order valence-corrected chi connectivity index (χ1v) is 5.81. The van der Waals surface area contributed by atoms with Gasteiger partial charge in [0, 0.05) is 17.0 Å². The average molecular weight is 241 g/mol. The van der Waals surface area contributed by atoms with Crippen LogP contribution in [-0.2, 0) is 4.74 Å². The number of nitrogens with zero attached hydrogens (tertiary/aromatic N) is 1. The van der Waals surface area contributed by atoms with Gasteiger partial charge >= 0.3 is 5.97 Å². The van der Waals surface area contributed by atoms with Crippen molar-refractivity contribution in [3.05, 3.63) is 33.9 Å². The molecule has 0 aliphatic heterocycles. The molecule has 0 bridgehead atoms. The van der Waals surface area contributed by atoms with Crippen molar-refractivity contribution in [1.82, 2.24) is 0 Å². The Morgan fingerprint density at radius 2 is 2.19 bits per heavy atom. The van der Waals surface area contributed by atoms with Crippen molar-refractivity contribution in [2.24, 2.45) is 0 Å². The summed E-state index contributed by atoms with van der Waals surface area (Å²) in [6, 6.07) is 4.22. The summed E-state index contributed by atoms with van der Waals surface area (Å²) in [6.07, 6.45) is 1.79. The third kappa shape index (κ3) is 2.96. The third-order valence-corrected chi connectivity index (χ3v) is 2.56. The molecule has 0 unspecified atom stereocenters. The fraction of sp³-hybridized carbons (Fsp3) is 0.300. The van der Waals surface area contributed by atoms with Crippen LogP contribution in [0.1, 0.15) is 17.3 Å². The highest BCUT2D eigenvalue weighted by Crippen LogP contribution is 2.24. The molecule has 16 heavy (non-hydrogen) atoms. The van der Waals surface area contributed by atoms with E-state index in [9.17, 15) is 14.9 Å². The molecule has 0 atom stereocenters. The van der Waals surface area contributed by atoms with E-state index in [1.165, 1.54) is 23.9 Å². The number of carbonyl (C=O) groups is 1. The molecular weight excluding hydrogens is 230 g/mol. The van der Waals surface area contributed by atoms with Crippen LogP contribution in [0.15, 0.2) is 23.1 Å². The molecule has 5 nitrogen and oxygen atoms in total. The molecule has 0 N–H and O–H groups in total. The van der Waals surface area contributed by atoms with Crippen molar-refractivity contribution in [2.75, 3.05) is 12.9 Å². The number of nitro groups is 1. The van der Waals surface area contributed by atoms with Crippen LogP contribution in [0.4, 0.5) is 5.69 Å². The van der Waals surface area contributed by atoms with Crippen LogP contribution in [-0.4, -0.2) is 23.8 Å². The van der Waals surface area contributed by atoms with Crippen LogP contribution in [0.5, 0.6) is 0 Å². The van der Waals surface area contributed by atoms with Crippen LogP contribution in [0.3, 0.4) is 0 Å². The van der Waals surface area contributed by atoms with Crippen LogP contribution in [0, 0.1) is 10.1 Å². The molecule has 0 spiro atoms. The second-order valence-corrected chi connectivity index (χ2v) is 3.78. The standard InChI is InChI=1S/C10H11NO4S/c1-3-15-10(12)7-4-8(11(13)14)6-9(5-7)16-2/h4-6H,3H2,1-2H3. The van der Waals surface area contributed by atoms with Gasteiger partial charge in [-0.3, -0.25) is 10.1 Å².